The number of carbonyl (C=O) groups excluding carboxylic acids is 3. The van der Waals surface area contributed by atoms with Crippen LogP contribution in [-0.2, 0) is 19.1 Å². The zero-order valence-electron chi connectivity index (χ0n) is 21.0. The predicted molar refractivity (Wildman–Crippen MR) is 133 cm³/mol. The van der Waals surface area contributed by atoms with E-state index in [1.165, 1.54) is 11.0 Å². The Morgan fingerprint density at radius 2 is 1.94 bits per heavy atom. The summed E-state index contributed by atoms with van der Waals surface area (Å²) in [5.41, 5.74) is -1.54. The van der Waals surface area contributed by atoms with Gasteiger partial charge in [-0.25, -0.2) is 18.4 Å². The van der Waals surface area contributed by atoms with Crippen molar-refractivity contribution in [2.24, 2.45) is 0 Å². The molecule has 1 saturated heterocycles. The van der Waals surface area contributed by atoms with Crippen LogP contribution in [0.5, 0.6) is 0 Å². The van der Waals surface area contributed by atoms with Crippen LogP contribution in [0, 0.1) is 5.41 Å². The number of alkyl halides is 2. The molecule has 0 aromatic carbocycles. The van der Waals surface area contributed by atoms with Gasteiger partial charge in [0.2, 0.25) is 0 Å². The Kier molecular flexibility index (Phi) is 8.12. The summed E-state index contributed by atoms with van der Waals surface area (Å²) in [6.07, 6.45) is 1.20. The van der Waals surface area contributed by atoms with Gasteiger partial charge < -0.3 is 14.8 Å². The van der Waals surface area contributed by atoms with Gasteiger partial charge in [-0.1, -0.05) is 15.9 Å². The van der Waals surface area contributed by atoms with E-state index in [2.05, 4.69) is 21.2 Å². The lowest BCUT2D eigenvalue weighted by Crippen LogP contribution is -2.54. The highest BCUT2D eigenvalue weighted by Gasteiger charge is 2.60. The van der Waals surface area contributed by atoms with Crippen LogP contribution in [0.2, 0.25) is 0 Å². The first-order valence-electron chi connectivity index (χ1n) is 11.9. The Hall–Kier alpha value is -2.56. The van der Waals surface area contributed by atoms with Gasteiger partial charge in [0.1, 0.15) is 5.60 Å². The number of Topliss-reactive ketones (excluding diaryl/α,β-unsaturated/α-hetero) is 1. The SMILES string of the molecule is CCOC(=O)C(N/C=C1\C(=N)C(C)=C(Br)C=C1C(F)F)C(=O)C1CCC2(CC2)N1C(=O)OC(C)(C)C. The number of halogens is 3. The molecule has 36 heavy (non-hydrogen) atoms. The van der Waals surface area contributed by atoms with Crippen LogP contribution in [0.3, 0.4) is 0 Å². The summed E-state index contributed by atoms with van der Waals surface area (Å²) in [7, 11) is 0. The number of esters is 1. The lowest BCUT2D eigenvalue weighted by atomic mass is 9.92. The van der Waals surface area contributed by atoms with Crippen LogP contribution in [0.1, 0.15) is 60.3 Å². The van der Waals surface area contributed by atoms with Crippen LogP contribution in [0.4, 0.5) is 13.6 Å². The molecule has 2 N–H and O–H groups in total. The number of ketones is 1. The van der Waals surface area contributed by atoms with Gasteiger partial charge >= 0.3 is 12.1 Å². The fourth-order valence-corrected chi connectivity index (χ4v) is 4.94. The number of rotatable bonds is 7. The normalized spacial score (nSPS) is 23.2. The highest BCUT2D eigenvalue weighted by Crippen LogP contribution is 2.52. The fourth-order valence-electron chi connectivity index (χ4n) is 4.50. The molecule has 0 aromatic heterocycles. The number of allylic oxidation sites excluding steroid dienone is 5. The summed E-state index contributed by atoms with van der Waals surface area (Å²) in [4.78, 5) is 41.0. The molecule has 2 fully saturated rings. The van der Waals surface area contributed by atoms with Gasteiger partial charge in [0, 0.05) is 27.4 Å². The summed E-state index contributed by atoms with van der Waals surface area (Å²) in [6.45, 7) is 8.37. The molecule has 3 aliphatic rings. The molecule has 2 aliphatic carbocycles. The number of likely N-dealkylation sites (tertiary alicyclic amines) is 1. The van der Waals surface area contributed by atoms with Crippen molar-refractivity contribution in [3.05, 3.63) is 33.5 Å². The second kappa shape index (κ2) is 10.4. The highest BCUT2D eigenvalue weighted by atomic mass is 79.9. The minimum atomic E-state index is -2.89. The minimum absolute atomic E-state index is 0.00194. The van der Waals surface area contributed by atoms with Gasteiger partial charge in [0.05, 0.1) is 18.4 Å². The molecule has 1 spiro atoms. The summed E-state index contributed by atoms with van der Waals surface area (Å²) in [6, 6.07) is -2.49. The summed E-state index contributed by atoms with van der Waals surface area (Å²) in [5.74, 6) is -1.50. The van der Waals surface area contributed by atoms with Crippen molar-refractivity contribution < 1.29 is 32.6 Å². The number of nitrogens with one attached hydrogen (secondary N) is 2. The monoisotopic (exact) mass is 571 g/mol. The van der Waals surface area contributed by atoms with Crippen LogP contribution >= 0.6 is 15.9 Å². The van der Waals surface area contributed by atoms with Gasteiger partial charge in [0.15, 0.2) is 11.8 Å². The van der Waals surface area contributed by atoms with Gasteiger partial charge in [-0.3, -0.25) is 15.1 Å². The van der Waals surface area contributed by atoms with E-state index in [1.54, 1.807) is 34.6 Å². The molecule has 3 rings (SSSR count). The third-order valence-electron chi connectivity index (χ3n) is 6.48. The van der Waals surface area contributed by atoms with E-state index in [0.29, 0.717) is 22.9 Å². The maximum Gasteiger partial charge on any atom is 0.411 e. The smallest absolute Gasteiger partial charge is 0.411 e. The van der Waals surface area contributed by atoms with Gasteiger partial charge in [-0.05, 0) is 72.0 Å². The zero-order valence-corrected chi connectivity index (χ0v) is 22.6. The maximum absolute atomic E-state index is 13.7. The van der Waals surface area contributed by atoms with Crippen LogP contribution in [0.15, 0.2) is 33.5 Å². The fraction of sp³-hybridized carbons (Fsp3) is 0.600. The van der Waals surface area contributed by atoms with E-state index in [-0.39, 0.29) is 17.9 Å². The first kappa shape index (κ1) is 28.0. The molecule has 0 bridgehead atoms. The molecule has 1 saturated carbocycles. The van der Waals surface area contributed by atoms with Crippen molar-refractivity contribution in [2.45, 2.75) is 90.0 Å². The largest absolute Gasteiger partial charge is 0.464 e. The van der Waals surface area contributed by atoms with Crippen LogP contribution < -0.4 is 5.32 Å². The molecular weight excluding hydrogens is 540 g/mol. The van der Waals surface area contributed by atoms with Crippen LogP contribution in [-0.4, -0.2) is 64.7 Å². The second-order valence-electron chi connectivity index (χ2n) is 10.2. The van der Waals surface area contributed by atoms with E-state index in [0.717, 1.165) is 19.0 Å². The number of hydrogen-bond donors (Lipinski definition) is 2. The Balaban J connectivity index is 1.92. The molecule has 198 valence electrons. The van der Waals surface area contributed by atoms with Crippen LogP contribution in [0.25, 0.3) is 0 Å². The van der Waals surface area contributed by atoms with E-state index in [9.17, 15) is 23.2 Å². The van der Waals surface area contributed by atoms with Crippen molar-refractivity contribution in [2.75, 3.05) is 6.61 Å². The third kappa shape index (κ3) is 5.71. The highest BCUT2D eigenvalue weighted by molar-refractivity contribution is 9.12. The Labute approximate surface area is 217 Å². The molecule has 0 radical (unpaired) electrons. The Morgan fingerprint density at radius 3 is 2.47 bits per heavy atom. The average molecular weight is 572 g/mol. The van der Waals surface area contributed by atoms with Crippen molar-refractivity contribution in [1.29, 1.82) is 5.41 Å². The predicted octanol–water partition coefficient (Wildman–Crippen LogP) is 4.79. The molecule has 1 aliphatic heterocycles. The lowest BCUT2D eigenvalue weighted by molar-refractivity contribution is -0.149. The van der Waals surface area contributed by atoms with E-state index >= 15 is 0 Å². The lowest BCUT2D eigenvalue weighted by Gasteiger charge is -2.33. The number of hydrogen-bond acceptors (Lipinski definition) is 7. The molecule has 0 aromatic rings. The van der Waals surface area contributed by atoms with E-state index in [4.69, 9.17) is 14.9 Å². The summed E-state index contributed by atoms with van der Waals surface area (Å²) in [5, 5.41) is 10.9. The first-order valence-corrected chi connectivity index (χ1v) is 12.7. The molecule has 8 nitrogen and oxygen atoms in total. The van der Waals surface area contributed by atoms with E-state index < -0.39 is 53.1 Å². The molecule has 1 amide bonds. The third-order valence-corrected chi connectivity index (χ3v) is 7.31. The zero-order chi connectivity index (χ0) is 27.0. The standard InChI is InChI=1S/C25H32BrF2N3O5/c1-6-35-22(33)19(30-12-15-14(21(27)28)11-16(26)13(2)18(15)29)20(32)17-7-8-25(9-10-25)31(17)23(34)36-24(3,4)5/h11-12,17,19,21,29-30H,6-10H2,1-5H3/b15-12-,29-18?. The second-order valence-corrected chi connectivity index (χ2v) is 11.0. The summed E-state index contributed by atoms with van der Waals surface area (Å²) >= 11 is 3.18. The Bertz CT molecular complexity index is 1060. The van der Waals surface area contributed by atoms with Crippen molar-refractivity contribution >= 4 is 39.5 Å². The Morgan fingerprint density at radius 1 is 1.31 bits per heavy atom. The minimum Gasteiger partial charge on any atom is -0.464 e. The number of carbonyl (C=O) groups is 3. The maximum atomic E-state index is 13.7. The van der Waals surface area contributed by atoms with Crippen molar-refractivity contribution in [1.82, 2.24) is 10.2 Å². The topological polar surface area (TPSA) is 109 Å². The molecule has 2 unspecified atom stereocenters. The van der Waals surface area contributed by atoms with Gasteiger partial charge in [-0.15, -0.1) is 0 Å². The molecule has 1 heterocycles. The number of ether oxygens (including phenoxy) is 2. The first-order chi connectivity index (χ1) is 16.7. The average Bonchev–Trinajstić information content (AvgIpc) is 3.43. The quantitative estimate of drug-likeness (QED) is 0.336. The summed E-state index contributed by atoms with van der Waals surface area (Å²) < 4.78 is 38.4. The molecular formula is C25H32BrF2N3O5. The molecule has 2 atom stereocenters. The molecule has 11 heteroatoms. The van der Waals surface area contributed by atoms with Crippen molar-refractivity contribution in [3.63, 3.8) is 0 Å². The van der Waals surface area contributed by atoms with Gasteiger partial charge in [-0.2, -0.15) is 0 Å². The number of nitrogens with zero attached hydrogens (tertiary/aromatic N) is 1. The van der Waals surface area contributed by atoms with Gasteiger partial charge in [0.25, 0.3) is 6.43 Å². The number of amides is 1. The van der Waals surface area contributed by atoms with Crippen molar-refractivity contribution in [3.8, 4) is 0 Å². The van der Waals surface area contributed by atoms with E-state index in [1.807, 2.05) is 0 Å².